The van der Waals surface area contributed by atoms with Crippen LogP contribution in [0.4, 0.5) is 0 Å². The van der Waals surface area contributed by atoms with Gasteiger partial charge in [-0.25, -0.2) is 0 Å². The number of carbonyl (C=O) groups excluding carboxylic acids is 1. The number of nitrogens with two attached hydrogens (primary N) is 1. The fourth-order valence-electron chi connectivity index (χ4n) is 1.47. The summed E-state index contributed by atoms with van der Waals surface area (Å²) in [7, 11) is 0. The molecule has 1 atom stereocenters. The minimum Gasteiger partial charge on any atom is -0.484 e. The van der Waals surface area contributed by atoms with E-state index >= 15 is 0 Å². The van der Waals surface area contributed by atoms with Gasteiger partial charge in [0.05, 0.1) is 4.99 Å². The van der Waals surface area contributed by atoms with Crippen LogP contribution < -0.4 is 15.8 Å². The lowest BCUT2D eigenvalue weighted by atomic mass is 10.1. The van der Waals surface area contributed by atoms with E-state index in [-0.39, 0.29) is 18.6 Å². The van der Waals surface area contributed by atoms with Gasteiger partial charge < -0.3 is 15.8 Å². The van der Waals surface area contributed by atoms with Gasteiger partial charge in [-0.1, -0.05) is 31.3 Å². The zero-order valence-corrected chi connectivity index (χ0v) is 12.1. The third kappa shape index (κ3) is 6.20. The third-order valence-corrected chi connectivity index (χ3v) is 2.84. The van der Waals surface area contributed by atoms with Gasteiger partial charge in [-0.3, -0.25) is 4.79 Å². The number of ether oxygens (including phenoxy) is 1. The summed E-state index contributed by atoms with van der Waals surface area (Å²) in [6.45, 7) is 4.01. The molecule has 0 saturated carbocycles. The van der Waals surface area contributed by atoms with Gasteiger partial charge >= 0.3 is 0 Å². The molecule has 0 aromatic heterocycles. The molecular weight excluding hydrogens is 260 g/mol. The predicted molar refractivity (Wildman–Crippen MR) is 80.3 cm³/mol. The van der Waals surface area contributed by atoms with Crippen LogP contribution in [0, 0.1) is 0 Å². The molecule has 1 unspecified atom stereocenters. The smallest absolute Gasteiger partial charge is 0.258 e. The van der Waals surface area contributed by atoms with E-state index in [9.17, 15) is 4.79 Å². The molecule has 0 bridgehead atoms. The Morgan fingerprint density at radius 3 is 2.58 bits per heavy atom. The Hall–Kier alpha value is -1.62. The van der Waals surface area contributed by atoms with Gasteiger partial charge in [-0.15, -0.1) is 0 Å². The van der Waals surface area contributed by atoms with Crippen LogP contribution in [0.2, 0.25) is 0 Å². The summed E-state index contributed by atoms with van der Waals surface area (Å²) < 4.78 is 5.40. The molecule has 0 fully saturated rings. The Balaban J connectivity index is 2.41. The fourth-order valence-corrected chi connectivity index (χ4v) is 1.64. The Labute approximate surface area is 119 Å². The number of rotatable bonds is 7. The minimum atomic E-state index is -0.110. The van der Waals surface area contributed by atoms with Crippen LogP contribution in [0.1, 0.15) is 25.8 Å². The highest BCUT2D eigenvalue weighted by molar-refractivity contribution is 7.80. The van der Waals surface area contributed by atoms with Crippen molar-refractivity contribution < 1.29 is 9.53 Å². The van der Waals surface area contributed by atoms with Crippen molar-refractivity contribution in [1.29, 1.82) is 0 Å². The van der Waals surface area contributed by atoms with Crippen LogP contribution in [-0.2, 0) is 11.2 Å². The molecule has 0 heterocycles. The molecular formula is C14H20N2O2S. The molecule has 1 aromatic rings. The Bertz CT molecular complexity index is 432. The zero-order valence-electron chi connectivity index (χ0n) is 11.3. The summed E-state index contributed by atoms with van der Waals surface area (Å²) in [4.78, 5) is 12.0. The molecule has 0 spiro atoms. The molecule has 5 heteroatoms. The first-order valence-electron chi connectivity index (χ1n) is 6.30. The van der Waals surface area contributed by atoms with Crippen LogP contribution in [0.15, 0.2) is 24.3 Å². The molecule has 1 amide bonds. The number of thiocarbonyl (C=S) groups is 1. The van der Waals surface area contributed by atoms with Crippen molar-refractivity contribution >= 4 is 23.1 Å². The van der Waals surface area contributed by atoms with Gasteiger partial charge in [0.25, 0.3) is 5.91 Å². The van der Waals surface area contributed by atoms with Crippen molar-refractivity contribution in [3.05, 3.63) is 29.8 Å². The highest BCUT2D eigenvalue weighted by Gasteiger charge is 2.06. The summed E-state index contributed by atoms with van der Waals surface area (Å²) in [5, 5.41) is 2.84. The first kappa shape index (κ1) is 15.4. The molecule has 1 rings (SSSR count). The van der Waals surface area contributed by atoms with Gasteiger partial charge in [-0.05, 0) is 31.0 Å². The molecule has 0 aliphatic heterocycles. The van der Waals surface area contributed by atoms with Crippen molar-refractivity contribution in [1.82, 2.24) is 5.32 Å². The van der Waals surface area contributed by atoms with Crippen molar-refractivity contribution in [3.63, 3.8) is 0 Å². The molecule has 1 aromatic carbocycles. The molecule has 3 N–H and O–H groups in total. The molecule has 0 aliphatic rings. The molecule has 0 aliphatic carbocycles. The lowest BCUT2D eigenvalue weighted by Gasteiger charge is -2.12. The molecule has 4 nitrogen and oxygen atoms in total. The highest BCUT2D eigenvalue weighted by Crippen LogP contribution is 2.12. The summed E-state index contributed by atoms with van der Waals surface area (Å²) in [5.74, 6) is 0.549. The molecule has 19 heavy (non-hydrogen) atoms. The SMILES string of the molecule is CCC(C)NC(=O)COc1ccc(CC(N)=S)cc1. The third-order valence-electron chi connectivity index (χ3n) is 2.69. The zero-order chi connectivity index (χ0) is 14.3. The van der Waals surface area contributed by atoms with Gasteiger partial charge in [0.15, 0.2) is 6.61 Å². The first-order valence-corrected chi connectivity index (χ1v) is 6.71. The Kier molecular flexibility index (Phi) is 6.29. The van der Waals surface area contributed by atoms with Gasteiger partial charge in [-0.2, -0.15) is 0 Å². The Morgan fingerprint density at radius 1 is 1.42 bits per heavy atom. The summed E-state index contributed by atoms with van der Waals surface area (Å²) >= 11 is 4.84. The van der Waals surface area contributed by atoms with Gasteiger partial charge in [0.2, 0.25) is 0 Å². The molecule has 104 valence electrons. The van der Waals surface area contributed by atoms with E-state index in [1.54, 1.807) is 0 Å². The normalized spacial score (nSPS) is 11.7. The maximum Gasteiger partial charge on any atom is 0.258 e. The number of nitrogens with one attached hydrogen (secondary N) is 1. The van der Waals surface area contributed by atoms with E-state index in [0.717, 1.165) is 12.0 Å². The maximum atomic E-state index is 11.5. The number of carbonyl (C=O) groups is 1. The number of hydrogen-bond acceptors (Lipinski definition) is 3. The summed E-state index contributed by atoms with van der Waals surface area (Å²) in [6.07, 6.45) is 1.48. The van der Waals surface area contributed by atoms with E-state index in [0.29, 0.717) is 17.2 Å². The summed E-state index contributed by atoms with van der Waals surface area (Å²) in [6, 6.07) is 7.57. The second-order valence-corrected chi connectivity index (χ2v) is 4.98. The fraction of sp³-hybridized carbons (Fsp3) is 0.429. The largest absolute Gasteiger partial charge is 0.484 e. The quantitative estimate of drug-likeness (QED) is 0.748. The van der Waals surface area contributed by atoms with Crippen molar-refractivity contribution in [2.45, 2.75) is 32.7 Å². The van der Waals surface area contributed by atoms with Crippen LogP contribution in [0.25, 0.3) is 0 Å². The predicted octanol–water partition coefficient (Wildman–Crippen LogP) is 1.81. The first-order chi connectivity index (χ1) is 9.01. The lowest BCUT2D eigenvalue weighted by molar-refractivity contribution is -0.123. The number of benzene rings is 1. The van der Waals surface area contributed by atoms with E-state index in [1.807, 2.05) is 38.1 Å². The average molecular weight is 280 g/mol. The van der Waals surface area contributed by atoms with E-state index in [4.69, 9.17) is 22.7 Å². The number of hydrogen-bond donors (Lipinski definition) is 2. The van der Waals surface area contributed by atoms with Crippen molar-refractivity contribution in [2.75, 3.05) is 6.61 Å². The monoisotopic (exact) mass is 280 g/mol. The molecule has 0 saturated heterocycles. The second-order valence-electron chi connectivity index (χ2n) is 4.45. The number of amides is 1. The van der Waals surface area contributed by atoms with Crippen LogP contribution in [0.5, 0.6) is 5.75 Å². The van der Waals surface area contributed by atoms with Gasteiger partial charge in [0.1, 0.15) is 5.75 Å². The average Bonchev–Trinajstić information content (AvgIpc) is 2.37. The van der Waals surface area contributed by atoms with E-state index in [2.05, 4.69) is 5.32 Å². The van der Waals surface area contributed by atoms with Crippen molar-refractivity contribution in [2.24, 2.45) is 5.73 Å². The Morgan fingerprint density at radius 2 is 2.05 bits per heavy atom. The molecule has 0 radical (unpaired) electrons. The standard InChI is InChI=1S/C14H20N2O2S/c1-3-10(2)16-14(17)9-18-12-6-4-11(5-7-12)8-13(15)19/h4-7,10H,3,8-9H2,1-2H3,(H2,15,19)(H,16,17). The summed E-state index contributed by atoms with van der Waals surface area (Å²) in [5.41, 5.74) is 6.50. The van der Waals surface area contributed by atoms with Crippen molar-refractivity contribution in [3.8, 4) is 5.75 Å². The van der Waals surface area contributed by atoms with Crippen LogP contribution in [0.3, 0.4) is 0 Å². The lowest BCUT2D eigenvalue weighted by Crippen LogP contribution is -2.35. The van der Waals surface area contributed by atoms with E-state index < -0.39 is 0 Å². The van der Waals surface area contributed by atoms with Crippen LogP contribution >= 0.6 is 12.2 Å². The highest BCUT2D eigenvalue weighted by atomic mass is 32.1. The van der Waals surface area contributed by atoms with Crippen LogP contribution in [-0.4, -0.2) is 23.5 Å². The maximum absolute atomic E-state index is 11.5. The van der Waals surface area contributed by atoms with Gasteiger partial charge in [0, 0.05) is 12.5 Å². The topological polar surface area (TPSA) is 64.3 Å². The second kappa shape index (κ2) is 7.74. The van der Waals surface area contributed by atoms with E-state index in [1.165, 1.54) is 0 Å². The minimum absolute atomic E-state index is 0.0268.